The molecule has 12 heteroatoms. The first-order valence-electron chi connectivity index (χ1n) is 28.8. The summed E-state index contributed by atoms with van der Waals surface area (Å²) in [4.78, 5) is 86.5. The third-order valence-corrected chi connectivity index (χ3v) is 16.8. The fourth-order valence-corrected chi connectivity index (χ4v) is 11.9. The number of benzene rings is 4. The molecule has 2 saturated heterocycles. The molecule has 12 nitrogen and oxygen atoms in total. The van der Waals surface area contributed by atoms with Gasteiger partial charge in [-0.3, -0.25) is 28.8 Å². The topological polar surface area (TPSA) is 151 Å². The van der Waals surface area contributed by atoms with Crippen LogP contribution in [0, 0.1) is 11.8 Å². The summed E-state index contributed by atoms with van der Waals surface area (Å²) in [6, 6.07) is 29.6. The van der Waals surface area contributed by atoms with Gasteiger partial charge in [-0.15, -0.1) is 0 Å². The molecule has 0 spiro atoms. The molecule has 4 aromatic carbocycles. The maximum atomic E-state index is 14.3. The van der Waals surface area contributed by atoms with Crippen molar-refractivity contribution in [2.24, 2.45) is 11.8 Å². The summed E-state index contributed by atoms with van der Waals surface area (Å²) < 4.78 is 12.2. The van der Waals surface area contributed by atoms with Gasteiger partial charge in [-0.2, -0.15) is 0 Å². The standard InChI is InChI=1S/C64H82N4O8/c1-5-43(3)61(71)65-55(63(73)67-35-15-25-57(67)59(69)41-49-21-13-19-47-17-7-9-23-53(47)49)39-45-27-31-51(32-28-45)75-37-11-12-38-76-52-33-29-46(30-34-52)40-56(66-62(72)44(4)6-2)64(74)68-36-16-26-58(68)60(70)42-50-22-14-20-48-18-8-10-24-54(48)50/h7-10,17-18,23-24,27-34,43-44,49-50,55-58H,5-6,11-16,19-22,25-26,35-42H2,1-4H3,(H,65,71)(H,66,72)/t43-,44-,49+,50+,55+,56+,57?,58?/m1/s1. The number of likely N-dealkylation sites (tertiary alicyclic amines) is 2. The van der Waals surface area contributed by atoms with E-state index in [0.29, 0.717) is 89.2 Å². The SMILES string of the molecule is CC[C@@H](C)C(=O)N[C@@H](Cc1ccc(OCCCCOc2ccc(C[C@H](NC(=O)[C@H](C)CC)C(=O)N3CCCC3C(=O)C[C@@H]3CCCc4ccccc43)cc2)cc1)C(=O)N1CCCC1C(=O)C[C@@H]1CCCc2ccccc21. The summed E-state index contributed by atoms with van der Waals surface area (Å²) >= 11 is 0. The van der Waals surface area contributed by atoms with Crippen LogP contribution in [0.3, 0.4) is 0 Å². The van der Waals surface area contributed by atoms with Gasteiger partial charge in [-0.25, -0.2) is 0 Å². The molecule has 2 aliphatic carbocycles. The van der Waals surface area contributed by atoms with Crippen molar-refractivity contribution in [3.05, 3.63) is 130 Å². The zero-order chi connectivity index (χ0) is 53.6. The average Bonchev–Trinajstić information content (AvgIpc) is 4.16. The number of carbonyl (C=O) groups excluding carboxylic acids is 6. The molecule has 2 aliphatic heterocycles. The number of fused-ring (bicyclic) bond motifs is 2. The van der Waals surface area contributed by atoms with Gasteiger partial charge in [0.15, 0.2) is 11.6 Å². The molecule has 2 unspecified atom stereocenters. The van der Waals surface area contributed by atoms with E-state index in [1.807, 2.05) is 88.4 Å². The second kappa shape index (κ2) is 27.1. The van der Waals surface area contributed by atoms with Crippen molar-refractivity contribution in [2.75, 3.05) is 26.3 Å². The molecule has 4 amide bonds. The molecule has 0 aromatic heterocycles. The number of rotatable bonds is 25. The minimum atomic E-state index is -0.793. The van der Waals surface area contributed by atoms with Crippen molar-refractivity contribution in [1.29, 1.82) is 0 Å². The van der Waals surface area contributed by atoms with E-state index in [-0.39, 0.29) is 58.9 Å². The van der Waals surface area contributed by atoms with Gasteiger partial charge in [-0.1, -0.05) is 100 Å². The number of nitrogens with zero attached hydrogens (tertiary/aromatic N) is 2. The zero-order valence-corrected chi connectivity index (χ0v) is 45.6. The number of amides is 4. The van der Waals surface area contributed by atoms with E-state index in [0.717, 1.165) is 75.3 Å². The lowest BCUT2D eigenvalue weighted by Crippen LogP contribution is -2.53. The highest BCUT2D eigenvalue weighted by Crippen LogP contribution is 2.37. The fraction of sp³-hybridized carbons (Fsp3) is 0.531. The summed E-state index contributed by atoms with van der Waals surface area (Å²) in [7, 11) is 0. The lowest BCUT2D eigenvalue weighted by molar-refractivity contribution is -0.141. The predicted molar refractivity (Wildman–Crippen MR) is 296 cm³/mol. The predicted octanol–water partition coefficient (Wildman–Crippen LogP) is 10.2. The van der Waals surface area contributed by atoms with Crippen LogP contribution in [0.25, 0.3) is 0 Å². The van der Waals surface area contributed by atoms with E-state index >= 15 is 0 Å². The van der Waals surface area contributed by atoms with E-state index < -0.39 is 24.2 Å². The molecule has 4 aliphatic rings. The number of ether oxygens (including phenoxy) is 2. The van der Waals surface area contributed by atoms with Crippen molar-refractivity contribution < 1.29 is 38.2 Å². The van der Waals surface area contributed by atoms with Crippen molar-refractivity contribution in [3.8, 4) is 11.5 Å². The number of Topliss-reactive ketones (excluding diaryl/α,β-unsaturated/α-hetero) is 2. The second-order valence-corrected chi connectivity index (χ2v) is 22.1. The monoisotopic (exact) mass is 1030 g/mol. The van der Waals surface area contributed by atoms with Crippen LogP contribution in [-0.2, 0) is 54.5 Å². The Morgan fingerprint density at radius 1 is 0.526 bits per heavy atom. The lowest BCUT2D eigenvalue weighted by Gasteiger charge is -2.31. The highest BCUT2D eigenvalue weighted by molar-refractivity contribution is 5.95. The summed E-state index contributed by atoms with van der Waals surface area (Å²) in [6.07, 6.45) is 13.2. The minimum Gasteiger partial charge on any atom is -0.494 e. The van der Waals surface area contributed by atoms with Crippen molar-refractivity contribution in [1.82, 2.24) is 20.4 Å². The minimum absolute atomic E-state index is 0.112. The number of unbranched alkanes of at least 4 members (excludes halogenated alkanes) is 1. The van der Waals surface area contributed by atoms with E-state index in [1.54, 1.807) is 9.80 Å². The summed E-state index contributed by atoms with van der Waals surface area (Å²) in [5, 5.41) is 6.11. The fourth-order valence-electron chi connectivity index (χ4n) is 11.9. The molecule has 2 heterocycles. The van der Waals surface area contributed by atoms with Gasteiger partial charge in [0.05, 0.1) is 25.3 Å². The Morgan fingerprint density at radius 2 is 0.921 bits per heavy atom. The van der Waals surface area contributed by atoms with Gasteiger partial charge >= 0.3 is 0 Å². The highest BCUT2D eigenvalue weighted by Gasteiger charge is 2.41. The quantitative estimate of drug-likeness (QED) is 0.0623. The maximum absolute atomic E-state index is 14.3. The van der Waals surface area contributed by atoms with E-state index in [1.165, 1.54) is 22.3 Å². The van der Waals surface area contributed by atoms with Gasteiger partial charge in [0.1, 0.15) is 23.6 Å². The maximum Gasteiger partial charge on any atom is 0.246 e. The molecule has 4 aromatic rings. The first-order chi connectivity index (χ1) is 36.9. The van der Waals surface area contributed by atoms with Crippen LogP contribution in [-0.4, -0.2) is 95.5 Å². The summed E-state index contributed by atoms with van der Waals surface area (Å²) in [6.45, 7) is 9.63. The van der Waals surface area contributed by atoms with Crippen molar-refractivity contribution in [3.63, 3.8) is 0 Å². The number of hydrogen-bond acceptors (Lipinski definition) is 8. The van der Waals surface area contributed by atoms with E-state index in [2.05, 4.69) is 47.0 Å². The summed E-state index contributed by atoms with van der Waals surface area (Å²) in [5.74, 6) is 0.749. The Labute approximate surface area is 451 Å². The second-order valence-electron chi connectivity index (χ2n) is 22.1. The highest BCUT2D eigenvalue weighted by atomic mass is 16.5. The number of aryl methyl sites for hydroxylation is 2. The Kier molecular flexibility index (Phi) is 20.0. The Balaban J connectivity index is 0.796. The zero-order valence-electron chi connectivity index (χ0n) is 45.6. The largest absolute Gasteiger partial charge is 0.494 e. The lowest BCUT2D eigenvalue weighted by atomic mass is 9.79. The molecule has 406 valence electrons. The first-order valence-corrected chi connectivity index (χ1v) is 28.8. The normalized spacial score (nSPS) is 20.6. The Bertz CT molecular complexity index is 2440. The molecule has 76 heavy (non-hydrogen) atoms. The first kappa shape index (κ1) is 55.9. The third kappa shape index (κ3) is 14.4. The molecular formula is C64H82N4O8. The third-order valence-electron chi connectivity index (χ3n) is 16.8. The summed E-state index contributed by atoms with van der Waals surface area (Å²) in [5.41, 5.74) is 6.95. The van der Waals surface area contributed by atoms with Gasteiger partial charge in [0, 0.05) is 50.6 Å². The van der Waals surface area contributed by atoms with Crippen LogP contribution in [0.1, 0.15) is 163 Å². The molecule has 0 saturated carbocycles. The molecule has 0 radical (unpaired) electrons. The molecule has 8 rings (SSSR count). The molecular weight excluding hydrogens is 953 g/mol. The Hall–Kier alpha value is -6.30. The van der Waals surface area contributed by atoms with Gasteiger partial charge in [0.2, 0.25) is 23.6 Å². The van der Waals surface area contributed by atoms with Crippen molar-refractivity contribution >= 4 is 35.2 Å². The van der Waals surface area contributed by atoms with Crippen LogP contribution in [0.15, 0.2) is 97.1 Å². The van der Waals surface area contributed by atoms with Gasteiger partial charge in [-0.05, 0) is 159 Å². The van der Waals surface area contributed by atoms with E-state index in [4.69, 9.17) is 9.47 Å². The van der Waals surface area contributed by atoms with Crippen LogP contribution in [0.4, 0.5) is 0 Å². The number of nitrogens with one attached hydrogen (secondary N) is 2. The van der Waals surface area contributed by atoms with Crippen molar-refractivity contribution in [2.45, 2.75) is 179 Å². The average molecular weight is 1040 g/mol. The van der Waals surface area contributed by atoms with Crippen LogP contribution >= 0.6 is 0 Å². The molecule has 2 fully saturated rings. The molecule has 8 atom stereocenters. The smallest absolute Gasteiger partial charge is 0.246 e. The van der Waals surface area contributed by atoms with E-state index in [9.17, 15) is 28.8 Å². The van der Waals surface area contributed by atoms with Gasteiger partial charge in [0.25, 0.3) is 0 Å². The molecule has 0 bridgehead atoms. The van der Waals surface area contributed by atoms with Gasteiger partial charge < -0.3 is 29.9 Å². The van der Waals surface area contributed by atoms with Crippen LogP contribution in [0.5, 0.6) is 11.5 Å². The number of carbonyl (C=O) groups is 6. The Morgan fingerprint density at radius 3 is 1.32 bits per heavy atom. The van der Waals surface area contributed by atoms with Crippen LogP contribution in [0.2, 0.25) is 0 Å². The molecule has 2 N–H and O–H groups in total. The van der Waals surface area contributed by atoms with Crippen LogP contribution < -0.4 is 20.1 Å². The number of hydrogen-bond donors (Lipinski definition) is 2. The number of ketones is 2.